The van der Waals surface area contributed by atoms with Crippen molar-refractivity contribution in [3.05, 3.63) is 205 Å². The summed E-state index contributed by atoms with van der Waals surface area (Å²) in [5.74, 6) is 3.22. The maximum Gasteiger partial charge on any atom is 0.164 e. The van der Waals surface area contributed by atoms with E-state index < -0.39 is 0 Å². The zero-order valence-electron chi connectivity index (χ0n) is 35.5. The third kappa shape index (κ3) is 6.54. The van der Waals surface area contributed by atoms with Crippen molar-refractivity contribution in [2.24, 2.45) is 0 Å². The standard InChI is InChI=1S/C60H39N3OS/c1-36-10-9-16-52-56(36)57-50(34-48(35-53(57)64-52)41-20-18-39(19-21-41)37-11-3-2-4-12-37)43-25-22-40-24-27-45(32-47(40)31-43)59-61-58(44-26-23-38-13-5-6-14-42(38)30-44)62-60(63-59)46-28-29-55-51(33-46)49-15-7-8-17-54(49)65-55/h2-9,11-36H,10H2,1H3. The second kappa shape index (κ2) is 15.1. The molecule has 0 spiro atoms. The minimum atomic E-state index is 0.340. The molecule has 0 amide bonds. The Bertz CT molecular complexity index is 3880. The quantitative estimate of drug-likeness (QED) is 0.167. The van der Waals surface area contributed by atoms with E-state index in [9.17, 15) is 0 Å². The highest BCUT2D eigenvalue weighted by molar-refractivity contribution is 7.25. The molecule has 1 aliphatic carbocycles. The molecule has 1 unspecified atom stereocenters. The van der Waals surface area contributed by atoms with Gasteiger partial charge in [0.1, 0.15) is 11.3 Å². The average molecular weight is 850 g/mol. The van der Waals surface area contributed by atoms with Gasteiger partial charge in [0.2, 0.25) is 0 Å². The van der Waals surface area contributed by atoms with Crippen LogP contribution in [-0.2, 0) is 0 Å². The number of allylic oxidation sites excluding steroid dienone is 1. The van der Waals surface area contributed by atoms with E-state index in [0.29, 0.717) is 23.4 Å². The van der Waals surface area contributed by atoms with E-state index in [2.05, 4.69) is 207 Å². The third-order valence-corrected chi connectivity index (χ3v) is 14.3. The van der Waals surface area contributed by atoms with Crippen molar-refractivity contribution in [1.29, 1.82) is 0 Å². The van der Waals surface area contributed by atoms with Crippen LogP contribution in [0.25, 0.3) is 126 Å². The summed E-state index contributed by atoms with van der Waals surface area (Å²) in [6.45, 7) is 2.31. The molecule has 0 radical (unpaired) electrons. The molecule has 0 fully saturated rings. The second-order valence-corrected chi connectivity index (χ2v) is 18.3. The minimum absolute atomic E-state index is 0.340. The van der Waals surface area contributed by atoms with Crippen molar-refractivity contribution in [2.45, 2.75) is 19.3 Å². The molecule has 1 aliphatic rings. The molecule has 3 aromatic heterocycles. The van der Waals surface area contributed by atoms with Gasteiger partial charge < -0.3 is 4.42 Å². The van der Waals surface area contributed by atoms with Crippen molar-refractivity contribution < 1.29 is 4.42 Å². The fraction of sp³-hybridized carbons (Fsp3) is 0.0500. The highest BCUT2D eigenvalue weighted by Gasteiger charge is 2.25. The van der Waals surface area contributed by atoms with Gasteiger partial charge in [0.25, 0.3) is 0 Å². The molecule has 4 nitrogen and oxygen atoms in total. The van der Waals surface area contributed by atoms with Crippen molar-refractivity contribution >= 4 is 70.1 Å². The Morgan fingerprint density at radius 3 is 1.77 bits per heavy atom. The summed E-state index contributed by atoms with van der Waals surface area (Å²) < 4.78 is 9.21. The van der Waals surface area contributed by atoms with Crippen molar-refractivity contribution in [3.8, 4) is 67.5 Å². The van der Waals surface area contributed by atoms with E-state index in [1.54, 1.807) is 0 Å². The van der Waals surface area contributed by atoms with Gasteiger partial charge in [-0.05, 0) is 128 Å². The molecule has 0 saturated carbocycles. The number of aromatic nitrogens is 3. The highest BCUT2D eigenvalue weighted by atomic mass is 32.1. The number of fused-ring (bicyclic) bond motifs is 8. The number of hydrogen-bond acceptors (Lipinski definition) is 5. The van der Waals surface area contributed by atoms with Crippen LogP contribution in [0.15, 0.2) is 199 Å². The summed E-state index contributed by atoms with van der Waals surface area (Å²) in [7, 11) is 0. The molecule has 306 valence electrons. The Labute approximate surface area is 379 Å². The lowest BCUT2D eigenvalue weighted by Crippen LogP contribution is -2.00. The van der Waals surface area contributed by atoms with Gasteiger partial charge in [-0.1, -0.05) is 146 Å². The van der Waals surface area contributed by atoms with Crippen LogP contribution in [0.5, 0.6) is 0 Å². The molecule has 0 aliphatic heterocycles. The van der Waals surface area contributed by atoms with Gasteiger partial charge in [-0.3, -0.25) is 0 Å². The van der Waals surface area contributed by atoms with Crippen LogP contribution in [0, 0.1) is 0 Å². The number of hydrogen-bond donors (Lipinski definition) is 0. The third-order valence-electron chi connectivity index (χ3n) is 13.1. The van der Waals surface area contributed by atoms with Crippen LogP contribution in [0.3, 0.4) is 0 Å². The van der Waals surface area contributed by atoms with E-state index in [-0.39, 0.29) is 0 Å². The topological polar surface area (TPSA) is 51.8 Å². The predicted molar refractivity (Wildman–Crippen MR) is 272 cm³/mol. The lowest BCUT2D eigenvalue weighted by atomic mass is 9.86. The zero-order valence-corrected chi connectivity index (χ0v) is 36.3. The summed E-state index contributed by atoms with van der Waals surface area (Å²) in [4.78, 5) is 15.6. The molecule has 5 heteroatoms. The second-order valence-electron chi connectivity index (χ2n) is 17.2. The lowest BCUT2D eigenvalue weighted by Gasteiger charge is -2.16. The number of thiophene rings is 1. The Morgan fingerprint density at radius 2 is 1.00 bits per heavy atom. The lowest BCUT2D eigenvalue weighted by molar-refractivity contribution is 0.586. The zero-order chi connectivity index (χ0) is 43.0. The molecule has 0 bridgehead atoms. The van der Waals surface area contributed by atoms with Gasteiger partial charge in [-0.15, -0.1) is 11.3 Å². The molecule has 9 aromatic carbocycles. The van der Waals surface area contributed by atoms with E-state index in [4.69, 9.17) is 19.4 Å². The maximum absolute atomic E-state index is 6.69. The van der Waals surface area contributed by atoms with Gasteiger partial charge in [-0.2, -0.15) is 0 Å². The summed E-state index contributed by atoms with van der Waals surface area (Å²) in [6, 6.07) is 67.4. The number of rotatable bonds is 6. The molecule has 65 heavy (non-hydrogen) atoms. The molecule has 13 rings (SSSR count). The largest absolute Gasteiger partial charge is 0.456 e. The molecule has 12 aromatic rings. The van der Waals surface area contributed by atoms with Crippen LogP contribution in [0.4, 0.5) is 0 Å². The molecular weight excluding hydrogens is 811 g/mol. The number of nitrogens with zero attached hydrogens (tertiary/aromatic N) is 3. The van der Waals surface area contributed by atoms with Crippen LogP contribution in [-0.4, -0.2) is 15.0 Å². The maximum atomic E-state index is 6.69. The first kappa shape index (κ1) is 37.6. The van der Waals surface area contributed by atoms with Gasteiger partial charge >= 0.3 is 0 Å². The predicted octanol–water partition coefficient (Wildman–Crippen LogP) is 16.8. The summed E-state index contributed by atoms with van der Waals surface area (Å²) in [5.41, 5.74) is 12.0. The van der Waals surface area contributed by atoms with E-state index in [1.165, 1.54) is 53.2 Å². The van der Waals surface area contributed by atoms with Crippen LogP contribution >= 0.6 is 11.3 Å². The molecular formula is C60H39N3OS. The first-order valence-corrected chi connectivity index (χ1v) is 23.0. The number of benzene rings is 9. The summed E-state index contributed by atoms with van der Waals surface area (Å²) in [6.07, 6.45) is 5.36. The highest BCUT2D eigenvalue weighted by Crippen LogP contribution is 2.45. The molecule has 0 saturated heterocycles. The number of furan rings is 1. The Hall–Kier alpha value is -7.99. The molecule has 1 atom stereocenters. The van der Waals surface area contributed by atoms with Gasteiger partial charge in [-0.25, -0.2) is 15.0 Å². The van der Waals surface area contributed by atoms with Crippen LogP contribution in [0.1, 0.15) is 30.6 Å². The van der Waals surface area contributed by atoms with Crippen LogP contribution in [0.2, 0.25) is 0 Å². The van der Waals surface area contributed by atoms with E-state index in [1.807, 2.05) is 11.3 Å². The monoisotopic (exact) mass is 849 g/mol. The minimum Gasteiger partial charge on any atom is -0.456 e. The Morgan fingerprint density at radius 1 is 0.446 bits per heavy atom. The normalized spacial score (nSPS) is 13.6. The first-order valence-electron chi connectivity index (χ1n) is 22.2. The fourth-order valence-corrected chi connectivity index (χ4v) is 10.9. The van der Waals surface area contributed by atoms with Gasteiger partial charge in [0.15, 0.2) is 17.5 Å². The molecule has 0 N–H and O–H groups in total. The van der Waals surface area contributed by atoms with Gasteiger partial charge in [0.05, 0.1) is 0 Å². The fourth-order valence-electron chi connectivity index (χ4n) is 9.77. The Balaban J connectivity index is 0.961. The van der Waals surface area contributed by atoms with E-state index >= 15 is 0 Å². The first-order chi connectivity index (χ1) is 32.1. The molecule has 3 heterocycles. The summed E-state index contributed by atoms with van der Waals surface area (Å²) in [5, 5.41) is 8.22. The van der Waals surface area contributed by atoms with Crippen molar-refractivity contribution in [1.82, 2.24) is 15.0 Å². The summed E-state index contributed by atoms with van der Waals surface area (Å²) >= 11 is 1.81. The smallest absolute Gasteiger partial charge is 0.164 e. The van der Waals surface area contributed by atoms with Gasteiger partial charge in [0, 0.05) is 47.8 Å². The Kier molecular flexibility index (Phi) is 8.71. The van der Waals surface area contributed by atoms with Crippen LogP contribution < -0.4 is 0 Å². The SMILES string of the molecule is CC1CC=Cc2oc3cc(-c4ccc(-c5ccccc5)cc4)cc(-c4ccc5ccc(-c6nc(-c7ccc8ccccc8c7)nc(-c7ccc8sc9ccccc9c8c7)n6)cc5c4)c3c21. The van der Waals surface area contributed by atoms with Crippen molar-refractivity contribution in [3.63, 3.8) is 0 Å². The van der Waals surface area contributed by atoms with E-state index in [0.717, 1.165) is 67.3 Å². The van der Waals surface area contributed by atoms with Crippen molar-refractivity contribution in [2.75, 3.05) is 0 Å². The average Bonchev–Trinajstić information content (AvgIpc) is 3.95.